The largest absolute Gasteiger partial charge is 0.472 e. The second kappa shape index (κ2) is 46.4. The smallest absolute Gasteiger partial charge is 0.387 e. The van der Waals surface area contributed by atoms with Crippen LogP contribution in [0.3, 0.4) is 0 Å². The van der Waals surface area contributed by atoms with Gasteiger partial charge < -0.3 is 19.8 Å². The maximum atomic E-state index is 13.0. The van der Waals surface area contributed by atoms with Gasteiger partial charge in [0.2, 0.25) is 5.91 Å². The van der Waals surface area contributed by atoms with Crippen molar-refractivity contribution in [2.75, 3.05) is 40.9 Å². The SMILES string of the molecule is CCCCCCCCCCCCCCCCCCCC/C=C/C(O)C(COP(=O)(O)OCC[N+](C)(C)C)NC(=O)CCCCCCCCCCCCCCCCCCCCCCC. The summed E-state index contributed by atoms with van der Waals surface area (Å²) in [6.07, 6.45) is 55.8. The number of amides is 1. The number of aliphatic hydroxyl groups is 1. The van der Waals surface area contributed by atoms with Gasteiger partial charge in [-0.05, 0) is 19.3 Å². The van der Waals surface area contributed by atoms with E-state index in [1.54, 1.807) is 6.08 Å². The molecule has 3 N–H and O–H groups in total. The molecular weight excluding hydrogens is 804 g/mol. The van der Waals surface area contributed by atoms with Gasteiger partial charge in [0.1, 0.15) is 13.2 Å². The Morgan fingerprint density at radius 3 is 1.17 bits per heavy atom. The van der Waals surface area contributed by atoms with Crippen molar-refractivity contribution in [1.29, 1.82) is 0 Å². The molecule has 0 heterocycles. The molecule has 376 valence electrons. The molecule has 0 fully saturated rings. The number of hydrogen-bond acceptors (Lipinski definition) is 5. The molecular formula is C54H110N2O6P+. The van der Waals surface area contributed by atoms with Crippen LogP contribution >= 0.6 is 7.82 Å². The number of carbonyl (C=O) groups excluding carboxylic acids is 1. The first kappa shape index (κ1) is 62.2. The highest BCUT2D eigenvalue weighted by molar-refractivity contribution is 7.47. The molecule has 0 aliphatic rings. The number of aliphatic hydroxyl groups excluding tert-OH is 1. The van der Waals surface area contributed by atoms with Gasteiger partial charge in [-0.1, -0.05) is 264 Å². The molecule has 0 aromatic heterocycles. The summed E-state index contributed by atoms with van der Waals surface area (Å²) in [4.78, 5) is 23.3. The van der Waals surface area contributed by atoms with E-state index in [1.165, 1.54) is 225 Å². The number of quaternary nitrogens is 1. The monoisotopic (exact) mass is 914 g/mol. The molecule has 0 rings (SSSR count). The third-order valence-electron chi connectivity index (χ3n) is 12.8. The average Bonchev–Trinajstić information content (AvgIpc) is 3.24. The summed E-state index contributed by atoms with van der Waals surface area (Å²) in [6, 6.07) is -0.841. The van der Waals surface area contributed by atoms with E-state index in [9.17, 15) is 19.4 Å². The fraction of sp³-hybridized carbons (Fsp3) is 0.944. The highest BCUT2D eigenvalue weighted by atomic mass is 31.2. The van der Waals surface area contributed by atoms with E-state index in [4.69, 9.17) is 9.05 Å². The minimum atomic E-state index is -4.34. The molecule has 0 aliphatic heterocycles. The Bertz CT molecular complexity index is 1040. The lowest BCUT2D eigenvalue weighted by molar-refractivity contribution is -0.870. The summed E-state index contributed by atoms with van der Waals surface area (Å²) in [5.41, 5.74) is 0. The Kier molecular flexibility index (Phi) is 45.8. The highest BCUT2D eigenvalue weighted by Gasteiger charge is 2.27. The molecule has 1 amide bonds. The van der Waals surface area contributed by atoms with Crippen molar-refractivity contribution in [3.8, 4) is 0 Å². The van der Waals surface area contributed by atoms with Crippen molar-refractivity contribution in [2.24, 2.45) is 0 Å². The predicted octanol–water partition coefficient (Wildman–Crippen LogP) is 16.3. The van der Waals surface area contributed by atoms with Gasteiger partial charge in [0.25, 0.3) is 0 Å². The molecule has 0 aromatic rings. The number of hydrogen-bond donors (Lipinski definition) is 3. The van der Waals surface area contributed by atoms with E-state index in [1.807, 2.05) is 27.2 Å². The zero-order valence-electron chi connectivity index (χ0n) is 42.8. The quantitative estimate of drug-likeness (QED) is 0.0243. The zero-order valence-corrected chi connectivity index (χ0v) is 43.7. The van der Waals surface area contributed by atoms with E-state index in [-0.39, 0.29) is 19.1 Å². The number of rotatable bonds is 51. The number of nitrogens with zero attached hydrogens (tertiary/aromatic N) is 1. The number of likely N-dealkylation sites (N-methyl/N-ethyl adjacent to an activating group) is 1. The standard InChI is InChI=1S/C54H109N2O6P/c1-6-8-10-12-14-16-18-20-22-24-26-28-30-32-34-36-38-40-42-44-46-48-54(58)55-52(51-62-63(59,60)61-50-49-56(3,4)5)53(57)47-45-43-41-39-37-35-33-31-29-27-25-23-21-19-17-15-13-11-9-7-2/h45,47,52-53,57H,6-44,46,48-51H2,1-5H3,(H-,55,58,59,60)/p+1/b47-45+. The zero-order chi connectivity index (χ0) is 46.4. The fourth-order valence-corrected chi connectivity index (χ4v) is 9.13. The molecule has 3 atom stereocenters. The van der Waals surface area contributed by atoms with E-state index >= 15 is 0 Å². The predicted molar refractivity (Wildman–Crippen MR) is 272 cm³/mol. The first-order valence-corrected chi connectivity index (χ1v) is 29.1. The summed E-state index contributed by atoms with van der Waals surface area (Å²) < 4.78 is 23.7. The van der Waals surface area contributed by atoms with Gasteiger partial charge in [0, 0.05) is 6.42 Å². The molecule has 0 bridgehead atoms. The van der Waals surface area contributed by atoms with Crippen molar-refractivity contribution < 1.29 is 32.9 Å². The topological polar surface area (TPSA) is 105 Å². The maximum absolute atomic E-state index is 13.0. The van der Waals surface area contributed by atoms with Crippen molar-refractivity contribution in [3.05, 3.63) is 12.2 Å². The van der Waals surface area contributed by atoms with E-state index < -0.39 is 20.0 Å². The van der Waals surface area contributed by atoms with Crippen LogP contribution in [0, 0.1) is 0 Å². The lowest BCUT2D eigenvalue weighted by Gasteiger charge is -2.25. The van der Waals surface area contributed by atoms with Gasteiger partial charge in [-0.25, -0.2) is 4.57 Å². The van der Waals surface area contributed by atoms with Crippen LogP contribution < -0.4 is 5.32 Å². The Hall–Kier alpha value is -0.760. The summed E-state index contributed by atoms with van der Waals surface area (Å²) in [7, 11) is 1.59. The molecule has 3 unspecified atom stereocenters. The molecule has 0 spiro atoms. The Labute approximate surface area is 392 Å². The lowest BCUT2D eigenvalue weighted by atomic mass is 10.0. The molecule has 0 aliphatic carbocycles. The minimum Gasteiger partial charge on any atom is -0.387 e. The van der Waals surface area contributed by atoms with Crippen molar-refractivity contribution in [2.45, 2.75) is 289 Å². The van der Waals surface area contributed by atoms with Gasteiger partial charge in [-0.3, -0.25) is 13.8 Å². The molecule has 0 saturated carbocycles. The molecule has 9 heteroatoms. The van der Waals surface area contributed by atoms with Crippen LogP contribution in [-0.2, 0) is 18.4 Å². The van der Waals surface area contributed by atoms with Crippen LogP contribution in [0.1, 0.15) is 277 Å². The maximum Gasteiger partial charge on any atom is 0.472 e. The first-order valence-electron chi connectivity index (χ1n) is 27.6. The fourth-order valence-electron chi connectivity index (χ4n) is 8.40. The third kappa shape index (κ3) is 49.0. The highest BCUT2D eigenvalue weighted by Crippen LogP contribution is 2.43. The molecule has 0 radical (unpaired) electrons. The Morgan fingerprint density at radius 1 is 0.524 bits per heavy atom. The molecule has 8 nitrogen and oxygen atoms in total. The van der Waals surface area contributed by atoms with E-state index in [0.717, 1.165) is 32.1 Å². The van der Waals surface area contributed by atoms with Crippen LogP contribution in [-0.4, -0.2) is 73.4 Å². The number of unbranched alkanes of at least 4 members (excludes halogenated alkanes) is 38. The van der Waals surface area contributed by atoms with Crippen molar-refractivity contribution in [3.63, 3.8) is 0 Å². The van der Waals surface area contributed by atoms with Gasteiger partial charge in [-0.15, -0.1) is 0 Å². The van der Waals surface area contributed by atoms with Gasteiger partial charge in [0.05, 0.1) is 39.9 Å². The van der Waals surface area contributed by atoms with Crippen LogP contribution in [0.4, 0.5) is 0 Å². The number of allylic oxidation sites excluding steroid dienone is 1. The molecule has 63 heavy (non-hydrogen) atoms. The number of nitrogens with one attached hydrogen (secondary N) is 1. The van der Waals surface area contributed by atoms with Gasteiger partial charge >= 0.3 is 7.82 Å². The van der Waals surface area contributed by atoms with E-state index in [2.05, 4.69) is 19.2 Å². The van der Waals surface area contributed by atoms with Crippen molar-refractivity contribution >= 4 is 13.7 Å². The van der Waals surface area contributed by atoms with Crippen LogP contribution in [0.15, 0.2) is 12.2 Å². The number of carbonyl (C=O) groups is 1. The summed E-state index contributed by atoms with van der Waals surface area (Å²) in [6.45, 7) is 4.86. The second-order valence-corrected chi connectivity index (χ2v) is 21.8. The summed E-state index contributed by atoms with van der Waals surface area (Å²) >= 11 is 0. The van der Waals surface area contributed by atoms with Crippen LogP contribution in [0.5, 0.6) is 0 Å². The van der Waals surface area contributed by atoms with Gasteiger partial charge in [0.15, 0.2) is 0 Å². The first-order chi connectivity index (χ1) is 30.5. The van der Waals surface area contributed by atoms with Gasteiger partial charge in [-0.2, -0.15) is 0 Å². The lowest BCUT2D eigenvalue weighted by Crippen LogP contribution is -2.45. The van der Waals surface area contributed by atoms with Crippen molar-refractivity contribution in [1.82, 2.24) is 5.32 Å². The third-order valence-corrected chi connectivity index (χ3v) is 13.7. The molecule has 0 aromatic carbocycles. The average molecular weight is 914 g/mol. The Balaban J connectivity index is 4.22. The summed E-state index contributed by atoms with van der Waals surface area (Å²) in [5.74, 6) is -0.170. The van der Waals surface area contributed by atoms with Crippen LogP contribution in [0.2, 0.25) is 0 Å². The number of phosphoric acid groups is 1. The normalized spacial score (nSPS) is 14.1. The minimum absolute atomic E-state index is 0.0651. The van der Waals surface area contributed by atoms with Crippen LogP contribution in [0.25, 0.3) is 0 Å². The second-order valence-electron chi connectivity index (χ2n) is 20.3. The Morgan fingerprint density at radius 2 is 0.841 bits per heavy atom. The summed E-state index contributed by atoms with van der Waals surface area (Å²) in [5, 5.41) is 13.9. The van der Waals surface area contributed by atoms with E-state index in [0.29, 0.717) is 17.4 Å². The molecule has 0 saturated heterocycles. The number of phosphoric ester groups is 1.